The van der Waals surface area contributed by atoms with Gasteiger partial charge in [0, 0.05) is 26.0 Å². The number of aromatic nitrogens is 2. The molecule has 0 unspecified atom stereocenters. The zero-order valence-electron chi connectivity index (χ0n) is 11.5. The molecule has 8 heteroatoms. The van der Waals surface area contributed by atoms with Crippen LogP contribution in [0, 0.1) is 0 Å². The molecule has 1 amide bonds. The minimum absolute atomic E-state index is 0. The topological polar surface area (TPSA) is 67.3 Å². The third kappa shape index (κ3) is 4.86. The molecule has 1 aliphatic heterocycles. The lowest BCUT2D eigenvalue weighted by Crippen LogP contribution is -2.55. The van der Waals surface area contributed by atoms with Crippen molar-refractivity contribution in [1.29, 1.82) is 0 Å². The van der Waals surface area contributed by atoms with E-state index in [2.05, 4.69) is 15.3 Å². The smallest absolute Gasteiger partial charge is 0.242 e. The maximum absolute atomic E-state index is 12.2. The van der Waals surface area contributed by atoms with Crippen LogP contribution >= 0.6 is 24.8 Å². The van der Waals surface area contributed by atoms with Crippen LogP contribution in [0.1, 0.15) is 12.6 Å². The highest BCUT2D eigenvalue weighted by Gasteiger charge is 2.30. The number of carbonyl (C=O) groups is 1. The van der Waals surface area contributed by atoms with Gasteiger partial charge in [0.15, 0.2) is 0 Å². The molecular weight excluding hydrogens is 303 g/mol. The molecule has 2 atom stereocenters. The van der Waals surface area contributed by atoms with Crippen LogP contribution in [0.15, 0.2) is 18.6 Å². The number of morpholine rings is 1. The van der Waals surface area contributed by atoms with Gasteiger partial charge < -0.3 is 15.0 Å². The van der Waals surface area contributed by atoms with E-state index in [1.165, 1.54) is 0 Å². The number of carbonyl (C=O) groups excluding carboxylic acids is 1. The van der Waals surface area contributed by atoms with Crippen LogP contribution in [0.5, 0.6) is 0 Å². The Bertz CT molecular complexity index is 408. The van der Waals surface area contributed by atoms with Gasteiger partial charge in [-0.15, -0.1) is 24.8 Å². The van der Waals surface area contributed by atoms with E-state index in [9.17, 15) is 4.79 Å². The first-order valence-electron chi connectivity index (χ1n) is 6.03. The molecule has 0 aromatic carbocycles. The van der Waals surface area contributed by atoms with Gasteiger partial charge in [-0.25, -0.2) is 0 Å². The van der Waals surface area contributed by atoms with Crippen molar-refractivity contribution >= 4 is 30.7 Å². The van der Waals surface area contributed by atoms with Crippen LogP contribution in [-0.2, 0) is 16.1 Å². The monoisotopic (exact) mass is 322 g/mol. The molecular formula is C12H20Cl2N4O2. The summed E-state index contributed by atoms with van der Waals surface area (Å²) >= 11 is 0. The lowest BCUT2D eigenvalue weighted by atomic mass is 10.1. The normalized spacial score (nSPS) is 21.3. The minimum Gasteiger partial charge on any atom is -0.375 e. The number of amides is 1. The molecule has 0 saturated carbocycles. The summed E-state index contributed by atoms with van der Waals surface area (Å²) in [6.45, 7) is 3.72. The van der Waals surface area contributed by atoms with Gasteiger partial charge in [0.1, 0.15) is 6.04 Å². The Hall–Kier alpha value is -0.950. The summed E-state index contributed by atoms with van der Waals surface area (Å²) < 4.78 is 5.47. The fraction of sp³-hybridized carbons (Fsp3) is 0.583. The first-order chi connectivity index (χ1) is 8.68. The molecule has 1 aliphatic rings. The molecule has 6 nitrogen and oxygen atoms in total. The number of nitrogens with zero attached hydrogens (tertiary/aromatic N) is 3. The summed E-state index contributed by atoms with van der Waals surface area (Å²) in [5.41, 5.74) is 0.776. The zero-order chi connectivity index (χ0) is 13.0. The minimum atomic E-state index is -0.277. The van der Waals surface area contributed by atoms with E-state index in [4.69, 9.17) is 4.74 Å². The maximum atomic E-state index is 12.2. The lowest BCUT2D eigenvalue weighted by molar-refractivity contribution is -0.138. The molecule has 0 bridgehead atoms. The van der Waals surface area contributed by atoms with Crippen LogP contribution in [0.3, 0.4) is 0 Å². The second-order valence-corrected chi connectivity index (χ2v) is 4.40. The van der Waals surface area contributed by atoms with Gasteiger partial charge in [0.05, 0.1) is 31.1 Å². The Morgan fingerprint density at radius 3 is 2.85 bits per heavy atom. The average Bonchev–Trinajstić information content (AvgIpc) is 2.39. The van der Waals surface area contributed by atoms with E-state index in [1.807, 2.05) is 6.92 Å². The van der Waals surface area contributed by atoms with Gasteiger partial charge in [0.2, 0.25) is 5.91 Å². The van der Waals surface area contributed by atoms with Gasteiger partial charge >= 0.3 is 0 Å². The van der Waals surface area contributed by atoms with Gasteiger partial charge in [-0.1, -0.05) is 0 Å². The second kappa shape index (κ2) is 9.07. The quantitative estimate of drug-likeness (QED) is 0.885. The Kier molecular flexibility index (Phi) is 8.64. The number of ether oxygens (including phenoxy) is 1. The first-order valence-corrected chi connectivity index (χ1v) is 6.03. The fourth-order valence-corrected chi connectivity index (χ4v) is 1.98. The first kappa shape index (κ1) is 19.1. The molecule has 20 heavy (non-hydrogen) atoms. The molecule has 1 aromatic heterocycles. The largest absolute Gasteiger partial charge is 0.375 e. The predicted molar refractivity (Wildman–Crippen MR) is 80.2 cm³/mol. The van der Waals surface area contributed by atoms with Crippen molar-refractivity contribution in [2.24, 2.45) is 0 Å². The average molecular weight is 323 g/mol. The highest BCUT2D eigenvalue weighted by atomic mass is 35.5. The summed E-state index contributed by atoms with van der Waals surface area (Å²) in [5, 5.41) is 3.18. The number of rotatable bonds is 3. The number of hydrogen-bond donors (Lipinski definition) is 1. The Morgan fingerprint density at radius 2 is 2.25 bits per heavy atom. The summed E-state index contributed by atoms with van der Waals surface area (Å²) in [6, 6.07) is -0.277. The molecule has 1 saturated heterocycles. The molecule has 0 radical (unpaired) electrons. The van der Waals surface area contributed by atoms with Gasteiger partial charge in [-0.3, -0.25) is 14.8 Å². The lowest BCUT2D eigenvalue weighted by Gasteiger charge is -2.32. The summed E-state index contributed by atoms with van der Waals surface area (Å²) in [7, 11) is 1.76. The van der Waals surface area contributed by atoms with Crippen LogP contribution < -0.4 is 5.32 Å². The van der Waals surface area contributed by atoms with Gasteiger partial charge in [0.25, 0.3) is 0 Å². The molecule has 1 aromatic rings. The number of hydrogen-bond acceptors (Lipinski definition) is 5. The van der Waals surface area contributed by atoms with Crippen LogP contribution in [-0.4, -0.2) is 53.1 Å². The fourth-order valence-electron chi connectivity index (χ4n) is 1.98. The summed E-state index contributed by atoms with van der Waals surface area (Å²) in [4.78, 5) is 22.0. The molecule has 2 rings (SSSR count). The highest BCUT2D eigenvalue weighted by molar-refractivity contribution is 5.85. The third-order valence-corrected chi connectivity index (χ3v) is 2.97. The third-order valence-electron chi connectivity index (χ3n) is 2.97. The summed E-state index contributed by atoms with van der Waals surface area (Å²) in [5.74, 6) is 0.0212. The van der Waals surface area contributed by atoms with E-state index in [-0.39, 0.29) is 42.9 Å². The molecule has 0 aliphatic carbocycles. The van der Waals surface area contributed by atoms with Crippen molar-refractivity contribution in [3.63, 3.8) is 0 Å². The predicted octanol–water partition coefficient (Wildman–Crippen LogP) is 0.655. The van der Waals surface area contributed by atoms with Crippen molar-refractivity contribution in [3.8, 4) is 0 Å². The molecule has 0 spiro atoms. The second-order valence-electron chi connectivity index (χ2n) is 4.40. The van der Waals surface area contributed by atoms with Crippen molar-refractivity contribution in [2.45, 2.75) is 25.6 Å². The van der Waals surface area contributed by atoms with E-state index in [0.29, 0.717) is 19.7 Å². The molecule has 2 heterocycles. The van der Waals surface area contributed by atoms with Crippen LogP contribution in [0.2, 0.25) is 0 Å². The molecule has 1 N–H and O–H groups in total. The van der Waals surface area contributed by atoms with Crippen molar-refractivity contribution in [1.82, 2.24) is 20.2 Å². The molecule has 114 valence electrons. The van der Waals surface area contributed by atoms with Crippen molar-refractivity contribution < 1.29 is 9.53 Å². The Labute approximate surface area is 131 Å². The summed E-state index contributed by atoms with van der Waals surface area (Å²) in [6.07, 6.45) is 4.80. The van der Waals surface area contributed by atoms with E-state index in [0.717, 1.165) is 5.69 Å². The zero-order valence-corrected chi connectivity index (χ0v) is 13.1. The SMILES string of the molecule is C[C@H]1OCCN[C@@H]1C(=O)N(C)Cc1cnccn1.Cl.Cl. The molecule has 1 fully saturated rings. The number of halogens is 2. The van der Waals surface area contributed by atoms with E-state index in [1.54, 1.807) is 30.5 Å². The van der Waals surface area contributed by atoms with E-state index >= 15 is 0 Å². The van der Waals surface area contributed by atoms with Crippen molar-refractivity contribution in [2.75, 3.05) is 20.2 Å². The number of nitrogens with one attached hydrogen (secondary N) is 1. The van der Waals surface area contributed by atoms with Crippen LogP contribution in [0.4, 0.5) is 0 Å². The maximum Gasteiger partial charge on any atom is 0.242 e. The van der Waals surface area contributed by atoms with Gasteiger partial charge in [-0.2, -0.15) is 0 Å². The Morgan fingerprint density at radius 1 is 1.50 bits per heavy atom. The number of likely N-dealkylation sites (N-methyl/N-ethyl adjacent to an activating group) is 1. The standard InChI is InChI=1S/C12H18N4O2.2ClH/c1-9-11(15-5-6-18-9)12(17)16(2)8-10-7-13-3-4-14-10;;/h3-4,7,9,11,15H,5-6,8H2,1-2H3;2*1H/t9-,11+;;/m1../s1. The van der Waals surface area contributed by atoms with Gasteiger partial charge in [-0.05, 0) is 6.92 Å². The highest BCUT2D eigenvalue weighted by Crippen LogP contribution is 2.08. The Balaban J connectivity index is 0.00000180. The van der Waals surface area contributed by atoms with Crippen LogP contribution in [0.25, 0.3) is 0 Å². The van der Waals surface area contributed by atoms with Crippen molar-refractivity contribution in [3.05, 3.63) is 24.3 Å². The van der Waals surface area contributed by atoms with E-state index < -0.39 is 0 Å².